The van der Waals surface area contributed by atoms with Crippen LogP contribution in [0.3, 0.4) is 0 Å². The highest BCUT2D eigenvalue weighted by Gasteiger charge is 2.26. The third kappa shape index (κ3) is 19.1. The number of aryl methyl sites for hydroxylation is 2. The minimum atomic E-state index is -0.379. The monoisotopic (exact) mass is 575 g/mol. The molecule has 1 amide bonds. The van der Waals surface area contributed by atoms with Gasteiger partial charge in [0.25, 0.3) is 0 Å². The minimum Gasteiger partial charge on any atom is -0.493 e. The fourth-order valence-corrected chi connectivity index (χ4v) is 4.35. The van der Waals surface area contributed by atoms with Crippen molar-refractivity contribution >= 4 is 11.7 Å². The van der Waals surface area contributed by atoms with Gasteiger partial charge in [0.2, 0.25) is 5.91 Å². The van der Waals surface area contributed by atoms with Crippen LogP contribution in [0, 0.1) is 19.3 Å². The lowest BCUT2D eigenvalue weighted by molar-refractivity contribution is -0.128. The lowest BCUT2D eigenvalue weighted by Gasteiger charge is -2.23. The van der Waals surface area contributed by atoms with Gasteiger partial charge in [-0.25, -0.2) is 0 Å². The van der Waals surface area contributed by atoms with Gasteiger partial charge in [-0.15, -0.1) is 0 Å². The van der Waals surface area contributed by atoms with Crippen LogP contribution in [0.5, 0.6) is 5.75 Å². The first-order valence-corrected chi connectivity index (χ1v) is 16.0. The van der Waals surface area contributed by atoms with Crippen molar-refractivity contribution in [3.05, 3.63) is 90.1 Å². The highest BCUT2D eigenvalue weighted by molar-refractivity contribution is 5.84. The van der Waals surface area contributed by atoms with E-state index in [1.165, 1.54) is 5.56 Å². The molecule has 0 saturated carbocycles. The molecule has 0 saturated heterocycles. The predicted octanol–water partition coefficient (Wildman–Crippen LogP) is 9.88. The van der Waals surface area contributed by atoms with Crippen molar-refractivity contribution in [3.8, 4) is 5.75 Å². The summed E-state index contributed by atoms with van der Waals surface area (Å²) in [6.07, 6.45) is 32.0. The van der Waals surface area contributed by atoms with Crippen LogP contribution in [0.1, 0.15) is 109 Å². The highest BCUT2D eigenvalue weighted by atomic mass is 16.5. The van der Waals surface area contributed by atoms with E-state index in [1.54, 1.807) is 0 Å². The lowest BCUT2D eigenvalue weighted by atomic mass is 9.81. The normalized spacial score (nSPS) is 12.5. The molecule has 0 fully saturated rings. The van der Waals surface area contributed by atoms with E-state index in [-0.39, 0.29) is 17.1 Å². The molecule has 0 atom stereocenters. The summed E-state index contributed by atoms with van der Waals surface area (Å²) in [5.74, 6) is 1.24. The Morgan fingerprint density at radius 1 is 0.786 bits per heavy atom. The standard InChI is InChI=1S/C38H57NO3/c1-6-7-8-9-10-11-12-13-14-15-16-17-18-19-20-21-22-26-37(41)39-30-23-25-36(40)38(4,5)29-24-31-42-35-32-33(2)27-28-34(35)3/h7-8,10-11,13-14,16-17,19-20,27-28,32H,6,9,12,15,18,21-26,29-31H2,1-5H3,(H,39,41)/b8-7-,11-10-,14-13-,17-16-,20-19-. The van der Waals surface area contributed by atoms with E-state index in [0.717, 1.165) is 69.1 Å². The first kappa shape index (κ1) is 36.9. The van der Waals surface area contributed by atoms with E-state index in [0.29, 0.717) is 32.4 Å². The van der Waals surface area contributed by atoms with E-state index >= 15 is 0 Å². The molecule has 0 aliphatic rings. The first-order valence-electron chi connectivity index (χ1n) is 16.0. The Hall–Kier alpha value is -3.14. The van der Waals surface area contributed by atoms with E-state index in [9.17, 15) is 9.59 Å². The van der Waals surface area contributed by atoms with Gasteiger partial charge in [-0.3, -0.25) is 9.59 Å². The van der Waals surface area contributed by atoms with E-state index < -0.39 is 0 Å². The molecule has 1 N–H and O–H groups in total. The summed E-state index contributed by atoms with van der Waals surface area (Å²) < 4.78 is 5.94. The van der Waals surface area contributed by atoms with Crippen molar-refractivity contribution in [2.75, 3.05) is 13.2 Å². The van der Waals surface area contributed by atoms with Crippen LogP contribution in [-0.4, -0.2) is 24.8 Å². The Morgan fingerprint density at radius 3 is 2.00 bits per heavy atom. The zero-order valence-corrected chi connectivity index (χ0v) is 27.1. The fraction of sp³-hybridized carbons (Fsp3) is 0.526. The number of ether oxygens (including phenoxy) is 1. The maximum atomic E-state index is 12.7. The molecule has 0 bridgehead atoms. The van der Waals surface area contributed by atoms with Crippen LogP contribution in [0.25, 0.3) is 0 Å². The van der Waals surface area contributed by atoms with Gasteiger partial charge in [0.15, 0.2) is 0 Å². The largest absolute Gasteiger partial charge is 0.493 e. The number of unbranched alkanes of at least 4 members (excludes halogenated alkanes) is 1. The minimum absolute atomic E-state index is 0.0673. The summed E-state index contributed by atoms with van der Waals surface area (Å²) in [7, 11) is 0. The van der Waals surface area contributed by atoms with Gasteiger partial charge in [0.1, 0.15) is 11.5 Å². The molecule has 0 radical (unpaired) electrons. The molecular weight excluding hydrogens is 518 g/mol. The maximum Gasteiger partial charge on any atom is 0.220 e. The van der Waals surface area contributed by atoms with Gasteiger partial charge in [0.05, 0.1) is 6.61 Å². The van der Waals surface area contributed by atoms with Gasteiger partial charge in [-0.05, 0) is 95.2 Å². The molecule has 0 heterocycles. The molecule has 4 nitrogen and oxygen atoms in total. The molecule has 1 aromatic rings. The maximum absolute atomic E-state index is 12.7. The number of rotatable bonds is 23. The average molecular weight is 576 g/mol. The molecule has 42 heavy (non-hydrogen) atoms. The molecule has 0 spiro atoms. The molecule has 0 aliphatic carbocycles. The van der Waals surface area contributed by atoms with Gasteiger partial charge in [0, 0.05) is 24.8 Å². The van der Waals surface area contributed by atoms with Crippen molar-refractivity contribution in [3.63, 3.8) is 0 Å². The number of amides is 1. The molecule has 232 valence electrons. The number of nitrogens with one attached hydrogen (secondary N) is 1. The Kier molecular flexibility index (Phi) is 20.6. The Morgan fingerprint density at radius 2 is 1.38 bits per heavy atom. The summed E-state index contributed by atoms with van der Waals surface area (Å²) in [6.45, 7) is 11.4. The van der Waals surface area contributed by atoms with Gasteiger partial charge in [-0.1, -0.05) is 93.7 Å². The van der Waals surface area contributed by atoms with Gasteiger partial charge >= 0.3 is 0 Å². The number of ketones is 1. The third-order valence-corrected chi connectivity index (χ3v) is 7.14. The molecule has 0 aliphatic heterocycles. The third-order valence-electron chi connectivity index (χ3n) is 7.14. The van der Waals surface area contributed by atoms with Gasteiger partial charge < -0.3 is 10.1 Å². The van der Waals surface area contributed by atoms with Crippen molar-refractivity contribution in [2.45, 2.75) is 112 Å². The Labute approximate surface area is 257 Å². The summed E-state index contributed by atoms with van der Waals surface area (Å²) in [5.41, 5.74) is 1.94. The van der Waals surface area contributed by atoms with Crippen molar-refractivity contribution in [1.82, 2.24) is 5.32 Å². The molecule has 1 aromatic carbocycles. The number of carbonyl (C=O) groups excluding carboxylic acids is 2. The second kappa shape index (κ2) is 23.4. The van der Waals surface area contributed by atoms with E-state index in [2.05, 4.69) is 98.1 Å². The van der Waals surface area contributed by atoms with Crippen LogP contribution >= 0.6 is 0 Å². The van der Waals surface area contributed by atoms with Crippen molar-refractivity contribution < 1.29 is 14.3 Å². The van der Waals surface area contributed by atoms with Crippen LogP contribution in [0.15, 0.2) is 79.0 Å². The number of hydrogen-bond acceptors (Lipinski definition) is 3. The zero-order valence-electron chi connectivity index (χ0n) is 27.1. The van der Waals surface area contributed by atoms with Crippen LogP contribution in [-0.2, 0) is 9.59 Å². The predicted molar refractivity (Wildman–Crippen MR) is 180 cm³/mol. The number of benzene rings is 1. The number of allylic oxidation sites excluding steroid dienone is 10. The second-order valence-electron chi connectivity index (χ2n) is 11.6. The number of hydrogen-bond donors (Lipinski definition) is 1. The van der Waals surface area contributed by atoms with E-state index in [4.69, 9.17) is 4.74 Å². The van der Waals surface area contributed by atoms with Crippen LogP contribution in [0.4, 0.5) is 0 Å². The van der Waals surface area contributed by atoms with Crippen LogP contribution < -0.4 is 10.1 Å². The zero-order chi connectivity index (χ0) is 30.9. The molecule has 0 unspecified atom stereocenters. The van der Waals surface area contributed by atoms with E-state index in [1.807, 2.05) is 20.8 Å². The summed E-state index contributed by atoms with van der Waals surface area (Å²) in [5, 5.41) is 2.96. The molecule has 4 heteroatoms. The van der Waals surface area contributed by atoms with Crippen LogP contribution in [0.2, 0.25) is 0 Å². The second-order valence-corrected chi connectivity index (χ2v) is 11.6. The quantitative estimate of drug-likeness (QED) is 0.104. The smallest absolute Gasteiger partial charge is 0.220 e. The summed E-state index contributed by atoms with van der Waals surface area (Å²) in [6, 6.07) is 6.22. The fourth-order valence-electron chi connectivity index (χ4n) is 4.35. The topological polar surface area (TPSA) is 55.4 Å². The highest BCUT2D eigenvalue weighted by Crippen LogP contribution is 2.26. The SMILES string of the molecule is CC/C=C\C/C=C\C/C=C\C/C=C\C/C=C\CCCC(=O)NCCCC(=O)C(C)(C)CCCOc1cc(C)ccc1C. The molecule has 1 rings (SSSR count). The van der Waals surface area contributed by atoms with Crippen molar-refractivity contribution in [1.29, 1.82) is 0 Å². The first-order chi connectivity index (χ1) is 20.3. The number of Topliss-reactive ketones (excluding diaryl/α,β-unsaturated/α-hetero) is 1. The summed E-state index contributed by atoms with van der Waals surface area (Å²) >= 11 is 0. The molecule has 0 aromatic heterocycles. The van der Waals surface area contributed by atoms with Gasteiger partial charge in [-0.2, -0.15) is 0 Å². The Bertz CT molecular complexity index is 1040. The molecular formula is C38H57NO3. The lowest BCUT2D eigenvalue weighted by Crippen LogP contribution is -2.28. The van der Waals surface area contributed by atoms with Crippen molar-refractivity contribution in [2.24, 2.45) is 5.41 Å². The number of carbonyl (C=O) groups is 2. The average Bonchev–Trinajstić information content (AvgIpc) is 2.96. The Balaban J connectivity index is 2.05. The summed E-state index contributed by atoms with van der Waals surface area (Å²) in [4.78, 5) is 24.9.